The van der Waals surface area contributed by atoms with Crippen molar-refractivity contribution in [2.75, 3.05) is 33.2 Å². The number of carbonyl (C=O) groups is 2. The van der Waals surface area contributed by atoms with E-state index >= 15 is 0 Å². The van der Waals surface area contributed by atoms with E-state index < -0.39 is 12.0 Å². The third-order valence-electron chi connectivity index (χ3n) is 5.39. The predicted octanol–water partition coefficient (Wildman–Crippen LogP) is 3.64. The second kappa shape index (κ2) is 12.1. The number of hydrogen-bond donors (Lipinski definition) is 2. The summed E-state index contributed by atoms with van der Waals surface area (Å²) in [6, 6.07) is 5.95. The topological polar surface area (TPSA) is 60.9 Å². The summed E-state index contributed by atoms with van der Waals surface area (Å²) >= 11 is 4.66. The highest BCUT2D eigenvalue weighted by molar-refractivity contribution is 7.81. The number of Topliss-reactive ketones (excluding diaryl/α,β-unsaturated/α-hetero) is 1. The number of likely N-dealkylation sites (N-methyl/N-ethyl adjacent to an activating group) is 1. The molecule has 1 saturated carbocycles. The third kappa shape index (κ3) is 6.95. The molecule has 1 heterocycles. The summed E-state index contributed by atoms with van der Waals surface area (Å²) in [7, 11) is 1.75. The number of carboxylic acid groups (broad SMARTS) is 1. The van der Waals surface area contributed by atoms with E-state index in [4.69, 9.17) is 5.11 Å². The van der Waals surface area contributed by atoms with Crippen LogP contribution in [0.5, 0.6) is 0 Å². The zero-order chi connectivity index (χ0) is 20.3. The first-order chi connectivity index (χ1) is 13.4. The van der Waals surface area contributed by atoms with Crippen LogP contribution in [0.25, 0.3) is 0 Å². The molecule has 5 nitrogen and oxygen atoms in total. The molecule has 2 atom stereocenters. The summed E-state index contributed by atoms with van der Waals surface area (Å²) in [6.07, 6.45) is 4.53. The maximum Gasteiger partial charge on any atom is 0.317 e. The van der Waals surface area contributed by atoms with Crippen molar-refractivity contribution >= 4 is 49.2 Å². The minimum absolute atomic E-state index is 0. The molecule has 1 aromatic rings. The van der Waals surface area contributed by atoms with Gasteiger partial charge in [0.05, 0.1) is 12.6 Å². The molecule has 0 bridgehead atoms. The van der Waals surface area contributed by atoms with Gasteiger partial charge in [0.25, 0.3) is 0 Å². The molecule has 1 N–H and O–H groups in total. The van der Waals surface area contributed by atoms with Crippen LogP contribution in [0.1, 0.15) is 30.9 Å². The molecule has 0 spiro atoms. The Kier molecular flexibility index (Phi) is 10.8. The maximum atomic E-state index is 14.5. The fourth-order valence-electron chi connectivity index (χ4n) is 3.70. The summed E-state index contributed by atoms with van der Waals surface area (Å²) in [5, 5.41) is 8.96. The number of thiol groups is 1. The van der Waals surface area contributed by atoms with Gasteiger partial charge in [0.1, 0.15) is 5.82 Å². The Morgan fingerprint density at radius 3 is 2.57 bits per heavy atom. The van der Waals surface area contributed by atoms with E-state index in [0.29, 0.717) is 25.2 Å². The van der Waals surface area contributed by atoms with E-state index in [1.54, 1.807) is 30.1 Å². The average Bonchev–Trinajstić information content (AvgIpc) is 3.48. The van der Waals surface area contributed by atoms with Gasteiger partial charge in [-0.3, -0.25) is 19.4 Å². The molecule has 0 aromatic heterocycles. The highest BCUT2D eigenvalue weighted by atomic mass is 35.5. The van der Waals surface area contributed by atoms with Gasteiger partial charge in [-0.1, -0.05) is 24.3 Å². The van der Waals surface area contributed by atoms with Crippen molar-refractivity contribution in [1.82, 2.24) is 9.80 Å². The standard InChI is InChI=1S/C21H27FN2O3S.2ClH/c1-23(13-19(25)26)10-8-15-12-24(11-9-18(15)28)20(21(27)14-6-7-14)16-4-2-3-5-17(16)22;;/h2-5,8,14,18,20,28H,6-7,9-13H2,1H3,(H,25,26);2*1H. The quantitative estimate of drug-likeness (QED) is 0.441. The Labute approximate surface area is 194 Å². The second-order valence-corrected chi connectivity index (χ2v) is 8.37. The molecule has 168 valence electrons. The lowest BCUT2D eigenvalue weighted by molar-refractivity contribution is -0.137. The number of carbonyl (C=O) groups excluding carboxylic acids is 1. The molecular weight excluding hydrogens is 450 g/mol. The number of likely N-dealkylation sites (tertiary alicyclic amines) is 1. The van der Waals surface area contributed by atoms with E-state index in [-0.39, 0.29) is 54.1 Å². The average molecular weight is 479 g/mol. The maximum absolute atomic E-state index is 14.5. The number of benzene rings is 1. The van der Waals surface area contributed by atoms with Crippen LogP contribution in [0.2, 0.25) is 0 Å². The zero-order valence-electron chi connectivity index (χ0n) is 16.9. The lowest BCUT2D eigenvalue weighted by Gasteiger charge is -2.38. The van der Waals surface area contributed by atoms with Crippen molar-refractivity contribution in [1.29, 1.82) is 0 Å². The first kappa shape index (κ1) is 26.9. The van der Waals surface area contributed by atoms with Gasteiger partial charge in [-0.2, -0.15) is 12.6 Å². The van der Waals surface area contributed by atoms with Crippen LogP contribution in [-0.2, 0) is 9.59 Å². The van der Waals surface area contributed by atoms with Gasteiger partial charge in [0, 0.05) is 36.4 Å². The van der Waals surface area contributed by atoms with Crippen LogP contribution >= 0.6 is 37.4 Å². The van der Waals surface area contributed by atoms with Crippen molar-refractivity contribution in [2.24, 2.45) is 5.92 Å². The van der Waals surface area contributed by atoms with Gasteiger partial charge in [0.15, 0.2) is 5.78 Å². The molecule has 1 saturated heterocycles. The summed E-state index contributed by atoms with van der Waals surface area (Å²) in [4.78, 5) is 27.6. The molecule has 3 rings (SSSR count). The van der Waals surface area contributed by atoms with Crippen LogP contribution in [0, 0.1) is 11.7 Å². The molecule has 30 heavy (non-hydrogen) atoms. The van der Waals surface area contributed by atoms with Crippen molar-refractivity contribution in [3.8, 4) is 0 Å². The fourth-order valence-corrected chi connectivity index (χ4v) is 4.00. The molecule has 9 heteroatoms. The summed E-state index contributed by atoms with van der Waals surface area (Å²) in [5.41, 5.74) is 1.50. The highest BCUT2D eigenvalue weighted by Gasteiger charge is 2.40. The first-order valence-corrected chi connectivity index (χ1v) is 10.2. The molecule has 1 aromatic carbocycles. The number of carboxylic acids is 1. The summed E-state index contributed by atoms with van der Waals surface area (Å²) in [5.74, 6) is -1.08. The number of piperidine rings is 1. The van der Waals surface area contributed by atoms with Gasteiger partial charge in [-0.25, -0.2) is 4.39 Å². The van der Waals surface area contributed by atoms with Crippen molar-refractivity contribution in [3.63, 3.8) is 0 Å². The van der Waals surface area contributed by atoms with Crippen LogP contribution in [-0.4, -0.2) is 65.1 Å². The number of hydrogen-bond acceptors (Lipinski definition) is 5. The minimum atomic E-state index is -0.872. The Balaban J connectivity index is 0.00000225. The third-order valence-corrected chi connectivity index (χ3v) is 5.98. The van der Waals surface area contributed by atoms with Crippen molar-refractivity contribution in [2.45, 2.75) is 30.6 Å². The lowest BCUT2D eigenvalue weighted by Crippen LogP contribution is -2.43. The Hall–Kier alpha value is -1.12. The van der Waals surface area contributed by atoms with Gasteiger partial charge in [-0.15, -0.1) is 24.8 Å². The Morgan fingerprint density at radius 2 is 1.97 bits per heavy atom. The van der Waals surface area contributed by atoms with E-state index in [0.717, 1.165) is 24.8 Å². The second-order valence-electron chi connectivity index (χ2n) is 7.75. The number of ketones is 1. The zero-order valence-corrected chi connectivity index (χ0v) is 19.4. The van der Waals surface area contributed by atoms with Crippen LogP contribution in [0.3, 0.4) is 0 Å². The number of aliphatic carboxylic acids is 1. The minimum Gasteiger partial charge on any atom is -0.480 e. The van der Waals surface area contributed by atoms with E-state index in [1.165, 1.54) is 6.07 Å². The van der Waals surface area contributed by atoms with Crippen molar-refractivity contribution in [3.05, 3.63) is 47.3 Å². The molecule has 1 aliphatic heterocycles. The molecule has 0 radical (unpaired) electrons. The van der Waals surface area contributed by atoms with Gasteiger partial charge in [0.2, 0.25) is 0 Å². The first-order valence-electron chi connectivity index (χ1n) is 9.66. The van der Waals surface area contributed by atoms with Gasteiger partial charge in [-0.05, 0) is 37.9 Å². The SMILES string of the molecule is CN(CC=C1CN(C(C(=O)C2CC2)c2ccccc2F)CCC1S)CC(=O)O.Cl.Cl. The van der Waals surface area contributed by atoms with Crippen LogP contribution < -0.4 is 0 Å². The molecule has 2 unspecified atom stereocenters. The molecule has 0 amide bonds. The smallest absolute Gasteiger partial charge is 0.317 e. The normalized spacial score (nSPS) is 21.6. The van der Waals surface area contributed by atoms with Crippen LogP contribution in [0.4, 0.5) is 4.39 Å². The van der Waals surface area contributed by atoms with Gasteiger partial charge >= 0.3 is 5.97 Å². The van der Waals surface area contributed by atoms with Gasteiger partial charge < -0.3 is 5.11 Å². The lowest BCUT2D eigenvalue weighted by atomic mass is 9.93. The Bertz CT molecular complexity index is 776. The number of nitrogens with zero attached hydrogens (tertiary/aromatic N) is 2. The molecule has 2 aliphatic rings. The van der Waals surface area contributed by atoms with E-state index in [2.05, 4.69) is 17.5 Å². The Morgan fingerprint density at radius 1 is 1.30 bits per heavy atom. The summed E-state index contributed by atoms with van der Waals surface area (Å²) < 4.78 is 14.5. The molecule has 1 aliphatic carbocycles. The highest BCUT2D eigenvalue weighted by Crippen LogP contribution is 2.39. The molecular formula is C21H29Cl2FN2O3S. The van der Waals surface area contributed by atoms with Crippen molar-refractivity contribution < 1.29 is 19.1 Å². The van der Waals surface area contributed by atoms with E-state index in [1.807, 2.05) is 6.08 Å². The monoisotopic (exact) mass is 478 g/mol. The largest absolute Gasteiger partial charge is 0.480 e. The molecule has 2 fully saturated rings. The van der Waals surface area contributed by atoms with E-state index in [9.17, 15) is 14.0 Å². The number of halogens is 3. The summed E-state index contributed by atoms with van der Waals surface area (Å²) in [6.45, 7) is 1.66. The fraction of sp³-hybridized carbons (Fsp3) is 0.524. The predicted molar refractivity (Wildman–Crippen MR) is 124 cm³/mol. The van der Waals surface area contributed by atoms with Crippen LogP contribution in [0.15, 0.2) is 35.9 Å². The number of rotatable bonds is 8.